The van der Waals surface area contributed by atoms with Crippen molar-refractivity contribution >= 4 is 16.6 Å². The average Bonchev–Trinajstić information content (AvgIpc) is 2.43. The fourth-order valence-electron chi connectivity index (χ4n) is 2.20. The van der Waals surface area contributed by atoms with E-state index in [1.165, 1.54) is 12.8 Å². The van der Waals surface area contributed by atoms with Gasteiger partial charge in [-0.05, 0) is 17.9 Å². The molecular formula is C16H19NO. The summed E-state index contributed by atoms with van der Waals surface area (Å²) in [5.74, 6) is 0.240. The van der Waals surface area contributed by atoms with Crippen LogP contribution in [0.2, 0.25) is 0 Å². The molecular weight excluding hydrogens is 222 g/mol. The van der Waals surface area contributed by atoms with Crippen LogP contribution in [0.1, 0.15) is 49.4 Å². The van der Waals surface area contributed by atoms with Crippen molar-refractivity contribution in [2.75, 3.05) is 0 Å². The standard InChI is InChI=1S/C16H19NO/c1-2-3-4-5-9-16(18)14-8-6-7-13-10-11-17-12-15(13)14/h6-8,10-12H,2-5,9H2,1H3. The molecule has 1 heterocycles. The summed E-state index contributed by atoms with van der Waals surface area (Å²) in [7, 11) is 0. The quantitative estimate of drug-likeness (QED) is 0.554. The average molecular weight is 241 g/mol. The second-order valence-electron chi connectivity index (χ2n) is 4.64. The maximum absolute atomic E-state index is 12.2. The summed E-state index contributed by atoms with van der Waals surface area (Å²) < 4.78 is 0. The van der Waals surface area contributed by atoms with E-state index in [-0.39, 0.29) is 5.78 Å². The van der Waals surface area contributed by atoms with Gasteiger partial charge in [0.25, 0.3) is 0 Å². The third-order valence-electron chi connectivity index (χ3n) is 3.24. The van der Waals surface area contributed by atoms with Gasteiger partial charge in [-0.25, -0.2) is 0 Å². The number of ketones is 1. The molecule has 0 saturated carbocycles. The topological polar surface area (TPSA) is 30.0 Å². The number of hydrogen-bond acceptors (Lipinski definition) is 2. The molecule has 0 spiro atoms. The molecule has 0 aliphatic heterocycles. The van der Waals surface area contributed by atoms with Gasteiger partial charge in [-0.2, -0.15) is 0 Å². The summed E-state index contributed by atoms with van der Waals surface area (Å²) in [6.07, 6.45) is 8.74. The summed E-state index contributed by atoms with van der Waals surface area (Å²) in [4.78, 5) is 16.3. The molecule has 94 valence electrons. The zero-order chi connectivity index (χ0) is 12.8. The van der Waals surface area contributed by atoms with Crippen molar-refractivity contribution in [3.63, 3.8) is 0 Å². The molecule has 0 aliphatic rings. The minimum atomic E-state index is 0.240. The van der Waals surface area contributed by atoms with Gasteiger partial charge >= 0.3 is 0 Å². The number of carbonyl (C=O) groups excluding carboxylic acids is 1. The lowest BCUT2D eigenvalue weighted by atomic mass is 9.99. The highest BCUT2D eigenvalue weighted by atomic mass is 16.1. The minimum absolute atomic E-state index is 0.240. The fraction of sp³-hybridized carbons (Fsp3) is 0.375. The number of pyridine rings is 1. The molecule has 0 fully saturated rings. The molecule has 0 amide bonds. The number of hydrogen-bond donors (Lipinski definition) is 0. The molecule has 0 radical (unpaired) electrons. The molecule has 0 saturated heterocycles. The smallest absolute Gasteiger partial charge is 0.163 e. The monoisotopic (exact) mass is 241 g/mol. The molecule has 0 atom stereocenters. The Hall–Kier alpha value is -1.70. The van der Waals surface area contributed by atoms with Crippen molar-refractivity contribution < 1.29 is 4.79 Å². The minimum Gasteiger partial charge on any atom is -0.294 e. The van der Waals surface area contributed by atoms with E-state index in [2.05, 4.69) is 11.9 Å². The Morgan fingerprint density at radius 2 is 2.06 bits per heavy atom. The molecule has 0 N–H and O–H groups in total. The van der Waals surface area contributed by atoms with E-state index < -0.39 is 0 Å². The van der Waals surface area contributed by atoms with Crippen molar-refractivity contribution in [3.8, 4) is 0 Å². The van der Waals surface area contributed by atoms with E-state index in [9.17, 15) is 4.79 Å². The maximum Gasteiger partial charge on any atom is 0.163 e. The second kappa shape index (κ2) is 6.29. The lowest BCUT2D eigenvalue weighted by Crippen LogP contribution is -2.00. The second-order valence-corrected chi connectivity index (χ2v) is 4.64. The lowest BCUT2D eigenvalue weighted by molar-refractivity contribution is 0.0980. The summed E-state index contributed by atoms with van der Waals surface area (Å²) in [6.45, 7) is 2.18. The highest BCUT2D eigenvalue weighted by Gasteiger charge is 2.09. The Bertz CT molecular complexity index is 528. The molecule has 1 aromatic heterocycles. The summed E-state index contributed by atoms with van der Waals surface area (Å²) in [5, 5.41) is 2.06. The number of rotatable bonds is 6. The summed E-state index contributed by atoms with van der Waals surface area (Å²) >= 11 is 0. The Labute approximate surface area is 108 Å². The van der Waals surface area contributed by atoms with Crippen molar-refractivity contribution in [1.29, 1.82) is 0 Å². The molecule has 2 rings (SSSR count). The summed E-state index contributed by atoms with van der Waals surface area (Å²) in [6, 6.07) is 7.82. The Kier molecular flexibility index (Phi) is 4.46. The van der Waals surface area contributed by atoms with Gasteiger partial charge in [0.15, 0.2) is 5.78 Å². The van der Waals surface area contributed by atoms with Crippen LogP contribution in [-0.2, 0) is 0 Å². The molecule has 2 nitrogen and oxygen atoms in total. The Morgan fingerprint density at radius 3 is 2.89 bits per heavy atom. The molecule has 0 bridgehead atoms. The van der Waals surface area contributed by atoms with E-state index in [0.29, 0.717) is 6.42 Å². The van der Waals surface area contributed by atoms with Gasteiger partial charge in [0.1, 0.15) is 0 Å². The maximum atomic E-state index is 12.2. The number of nitrogens with zero attached hydrogens (tertiary/aromatic N) is 1. The number of aromatic nitrogens is 1. The highest BCUT2D eigenvalue weighted by molar-refractivity contribution is 6.07. The van der Waals surface area contributed by atoms with Crippen LogP contribution in [0.25, 0.3) is 10.8 Å². The van der Waals surface area contributed by atoms with Crippen LogP contribution in [-0.4, -0.2) is 10.8 Å². The number of carbonyl (C=O) groups is 1. The number of benzene rings is 1. The van der Waals surface area contributed by atoms with Crippen LogP contribution in [0.3, 0.4) is 0 Å². The van der Waals surface area contributed by atoms with Gasteiger partial charge in [-0.1, -0.05) is 44.4 Å². The Morgan fingerprint density at radius 1 is 1.17 bits per heavy atom. The predicted molar refractivity (Wildman–Crippen MR) is 74.8 cm³/mol. The van der Waals surface area contributed by atoms with Crippen molar-refractivity contribution in [3.05, 3.63) is 42.2 Å². The Balaban J connectivity index is 2.13. The third-order valence-corrected chi connectivity index (χ3v) is 3.24. The number of fused-ring (bicyclic) bond motifs is 1. The summed E-state index contributed by atoms with van der Waals surface area (Å²) in [5.41, 5.74) is 0.817. The molecule has 2 heteroatoms. The van der Waals surface area contributed by atoms with E-state index in [0.717, 1.165) is 29.2 Å². The fourth-order valence-corrected chi connectivity index (χ4v) is 2.20. The number of unbranched alkanes of at least 4 members (excludes halogenated alkanes) is 3. The first-order valence-corrected chi connectivity index (χ1v) is 6.69. The van der Waals surface area contributed by atoms with E-state index in [1.54, 1.807) is 12.4 Å². The predicted octanol–water partition coefficient (Wildman–Crippen LogP) is 4.39. The van der Waals surface area contributed by atoms with Gasteiger partial charge in [-0.3, -0.25) is 9.78 Å². The van der Waals surface area contributed by atoms with Crippen LogP contribution in [0, 0.1) is 0 Å². The van der Waals surface area contributed by atoms with Crippen LogP contribution >= 0.6 is 0 Å². The van der Waals surface area contributed by atoms with Crippen molar-refractivity contribution in [2.45, 2.75) is 39.0 Å². The van der Waals surface area contributed by atoms with E-state index >= 15 is 0 Å². The first-order chi connectivity index (χ1) is 8.83. The van der Waals surface area contributed by atoms with Crippen molar-refractivity contribution in [1.82, 2.24) is 4.98 Å². The highest BCUT2D eigenvalue weighted by Crippen LogP contribution is 2.19. The SMILES string of the molecule is CCCCCCC(=O)c1cccc2ccncc12. The molecule has 0 unspecified atom stereocenters. The molecule has 0 aliphatic carbocycles. The zero-order valence-corrected chi connectivity index (χ0v) is 10.9. The number of Topliss-reactive ketones (excluding diaryl/α,β-unsaturated/α-hetero) is 1. The van der Waals surface area contributed by atoms with Gasteiger partial charge in [-0.15, -0.1) is 0 Å². The van der Waals surface area contributed by atoms with Crippen LogP contribution < -0.4 is 0 Å². The molecule has 2 aromatic rings. The van der Waals surface area contributed by atoms with Crippen LogP contribution in [0.15, 0.2) is 36.7 Å². The first kappa shape index (κ1) is 12.7. The molecule has 1 aromatic carbocycles. The zero-order valence-electron chi connectivity index (χ0n) is 10.9. The van der Waals surface area contributed by atoms with Gasteiger partial charge in [0.05, 0.1) is 0 Å². The molecule has 18 heavy (non-hydrogen) atoms. The first-order valence-electron chi connectivity index (χ1n) is 6.69. The van der Waals surface area contributed by atoms with Gasteiger partial charge < -0.3 is 0 Å². The largest absolute Gasteiger partial charge is 0.294 e. The third kappa shape index (κ3) is 2.95. The van der Waals surface area contributed by atoms with Crippen LogP contribution in [0.5, 0.6) is 0 Å². The normalized spacial score (nSPS) is 10.7. The van der Waals surface area contributed by atoms with E-state index in [4.69, 9.17) is 0 Å². The van der Waals surface area contributed by atoms with Gasteiger partial charge in [0, 0.05) is 29.8 Å². The van der Waals surface area contributed by atoms with Crippen molar-refractivity contribution in [2.24, 2.45) is 0 Å². The van der Waals surface area contributed by atoms with Crippen LogP contribution in [0.4, 0.5) is 0 Å². The van der Waals surface area contributed by atoms with E-state index in [1.807, 2.05) is 24.3 Å². The van der Waals surface area contributed by atoms with Gasteiger partial charge in [0.2, 0.25) is 0 Å². The lowest BCUT2D eigenvalue weighted by Gasteiger charge is -2.05.